The van der Waals surface area contributed by atoms with Crippen LogP contribution in [0.3, 0.4) is 0 Å². The summed E-state index contributed by atoms with van der Waals surface area (Å²) in [6.07, 6.45) is 4.84. The van der Waals surface area contributed by atoms with Gasteiger partial charge in [-0.3, -0.25) is 0 Å². The van der Waals surface area contributed by atoms with Crippen LogP contribution in [0.25, 0.3) is 0 Å². The highest BCUT2D eigenvalue weighted by Gasteiger charge is 2.32. The van der Waals surface area contributed by atoms with Crippen LogP contribution in [0.15, 0.2) is 12.3 Å². The van der Waals surface area contributed by atoms with Gasteiger partial charge in [0.15, 0.2) is 0 Å². The number of pyridine rings is 1. The SMILES string of the molecule is CC(C)CCN(c1nccc(C(=O)O)c1Cl)C1CC1. The summed E-state index contributed by atoms with van der Waals surface area (Å²) in [4.78, 5) is 17.6. The Labute approximate surface area is 118 Å². The van der Waals surface area contributed by atoms with E-state index in [1.54, 1.807) is 0 Å². The molecule has 1 heterocycles. The van der Waals surface area contributed by atoms with Crippen LogP contribution < -0.4 is 4.90 Å². The minimum atomic E-state index is -1.01. The lowest BCUT2D eigenvalue weighted by Crippen LogP contribution is -2.29. The molecule has 1 aromatic heterocycles. The average molecular weight is 283 g/mol. The minimum absolute atomic E-state index is 0.127. The van der Waals surface area contributed by atoms with Gasteiger partial charge in [-0.25, -0.2) is 9.78 Å². The van der Waals surface area contributed by atoms with E-state index in [0.717, 1.165) is 25.8 Å². The van der Waals surface area contributed by atoms with Gasteiger partial charge < -0.3 is 10.0 Å². The summed E-state index contributed by atoms with van der Waals surface area (Å²) in [5.41, 5.74) is 0.127. The Balaban J connectivity index is 2.26. The van der Waals surface area contributed by atoms with Crippen molar-refractivity contribution >= 4 is 23.4 Å². The molecule has 0 unspecified atom stereocenters. The highest BCUT2D eigenvalue weighted by Crippen LogP contribution is 2.36. The highest BCUT2D eigenvalue weighted by molar-refractivity contribution is 6.35. The minimum Gasteiger partial charge on any atom is -0.478 e. The number of anilines is 1. The molecule has 2 rings (SSSR count). The maximum absolute atomic E-state index is 11.1. The quantitative estimate of drug-likeness (QED) is 0.868. The molecule has 104 valence electrons. The molecule has 5 heteroatoms. The fourth-order valence-corrected chi connectivity index (χ4v) is 2.34. The highest BCUT2D eigenvalue weighted by atomic mass is 35.5. The molecule has 1 saturated carbocycles. The normalized spacial score (nSPS) is 14.7. The maximum Gasteiger partial charge on any atom is 0.337 e. The van der Waals surface area contributed by atoms with Crippen LogP contribution in [-0.2, 0) is 0 Å². The van der Waals surface area contributed by atoms with Crippen LogP contribution in [-0.4, -0.2) is 28.6 Å². The van der Waals surface area contributed by atoms with E-state index < -0.39 is 5.97 Å². The number of hydrogen-bond donors (Lipinski definition) is 1. The van der Waals surface area contributed by atoms with Gasteiger partial charge in [0, 0.05) is 18.8 Å². The molecule has 19 heavy (non-hydrogen) atoms. The van der Waals surface area contributed by atoms with E-state index in [4.69, 9.17) is 16.7 Å². The topological polar surface area (TPSA) is 53.4 Å². The molecular formula is C14H19ClN2O2. The molecule has 0 radical (unpaired) electrons. The number of rotatable bonds is 6. The van der Waals surface area contributed by atoms with Crippen molar-refractivity contribution in [1.29, 1.82) is 0 Å². The first-order valence-electron chi connectivity index (χ1n) is 6.65. The van der Waals surface area contributed by atoms with Gasteiger partial charge in [0.1, 0.15) is 5.82 Å². The average Bonchev–Trinajstić information content (AvgIpc) is 3.15. The smallest absolute Gasteiger partial charge is 0.337 e. The molecular weight excluding hydrogens is 264 g/mol. The van der Waals surface area contributed by atoms with E-state index in [0.29, 0.717) is 17.8 Å². The molecule has 0 spiro atoms. The van der Waals surface area contributed by atoms with Crippen LogP contribution in [0.4, 0.5) is 5.82 Å². The van der Waals surface area contributed by atoms with Crippen molar-refractivity contribution in [1.82, 2.24) is 4.98 Å². The second kappa shape index (κ2) is 5.78. The Morgan fingerprint density at radius 2 is 2.26 bits per heavy atom. The molecule has 0 aliphatic heterocycles. The van der Waals surface area contributed by atoms with Gasteiger partial charge in [0.2, 0.25) is 0 Å². The second-order valence-electron chi connectivity index (χ2n) is 5.41. The number of carbonyl (C=O) groups is 1. The van der Waals surface area contributed by atoms with Crippen LogP contribution in [0.1, 0.15) is 43.5 Å². The third-order valence-electron chi connectivity index (χ3n) is 3.31. The largest absolute Gasteiger partial charge is 0.478 e. The Morgan fingerprint density at radius 3 is 2.79 bits per heavy atom. The Morgan fingerprint density at radius 1 is 1.58 bits per heavy atom. The van der Waals surface area contributed by atoms with Crippen molar-refractivity contribution in [2.24, 2.45) is 5.92 Å². The van der Waals surface area contributed by atoms with Crippen molar-refractivity contribution in [2.45, 2.75) is 39.2 Å². The zero-order chi connectivity index (χ0) is 14.0. The molecule has 1 aliphatic carbocycles. The predicted molar refractivity (Wildman–Crippen MR) is 76.0 cm³/mol. The summed E-state index contributed by atoms with van der Waals surface area (Å²) in [6.45, 7) is 5.22. The molecule has 1 aromatic rings. The van der Waals surface area contributed by atoms with Crippen LogP contribution in [0.5, 0.6) is 0 Å². The first-order valence-corrected chi connectivity index (χ1v) is 7.03. The Kier molecular flexibility index (Phi) is 4.30. The summed E-state index contributed by atoms with van der Waals surface area (Å²) in [5.74, 6) is 0.209. The fraction of sp³-hybridized carbons (Fsp3) is 0.571. The van der Waals surface area contributed by atoms with Crippen LogP contribution in [0.2, 0.25) is 5.02 Å². The van der Waals surface area contributed by atoms with E-state index in [2.05, 4.69) is 23.7 Å². The van der Waals surface area contributed by atoms with Gasteiger partial charge in [-0.15, -0.1) is 0 Å². The molecule has 0 bridgehead atoms. The van der Waals surface area contributed by atoms with Crippen molar-refractivity contribution in [3.63, 3.8) is 0 Å². The van der Waals surface area contributed by atoms with E-state index in [9.17, 15) is 4.79 Å². The number of hydrogen-bond acceptors (Lipinski definition) is 3. The molecule has 0 atom stereocenters. The summed E-state index contributed by atoms with van der Waals surface area (Å²) in [7, 11) is 0. The molecule has 1 fully saturated rings. The monoisotopic (exact) mass is 282 g/mol. The van der Waals surface area contributed by atoms with E-state index in [-0.39, 0.29) is 10.6 Å². The van der Waals surface area contributed by atoms with Crippen molar-refractivity contribution in [3.05, 3.63) is 22.8 Å². The first-order chi connectivity index (χ1) is 9.00. The fourth-order valence-electron chi connectivity index (χ4n) is 2.04. The lowest BCUT2D eigenvalue weighted by molar-refractivity contribution is 0.0697. The van der Waals surface area contributed by atoms with Crippen molar-refractivity contribution < 1.29 is 9.90 Å². The van der Waals surface area contributed by atoms with Crippen LogP contribution in [0, 0.1) is 5.92 Å². The zero-order valence-corrected chi connectivity index (χ0v) is 12.0. The third-order valence-corrected chi connectivity index (χ3v) is 3.68. The summed E-state index contributed by atoms with van der Waals surface area (Å²) in [5, 5.41) is 9.37. The summed E-state index contributed by atoms with van der Waals surface area (Å²) >= 11 is 6.20. The Hall–Kier alpha value is -1.29. The number of carboxylic acids is 1. The molecule has 4 nitrogen and oxygen atoms in total. The van der Waals surface area contributed by atoms with E-state index >= 15 is 0 Å². The van der Waals surface area contributed by atoms with Crippen molar-refractivity contribution in [2.75, 3.05) is 11.4 Å². The third kappa shape index (κ3) is 3.38. The number of aromatic nitrogens is 1. The Bertz CT molecular complexity index is 473. The lowest BCUT2D eigenvalue weighted by Gasteiger charge is -2.25. The van der Waals surface area contributed by atoms with Gasteiger partial charge in [-0.05, 0) is 31.2 Å². The number of aromatic carboxylic acids is 1. The van der Waals surface area contributed by atoms with Gasteiger partial charge in [-0.1, -0.05) is 25.4 Å². The first kappa shape index (κ1) is 14.1. The molecule has 0 saturated heterocycles. The van der Waals surface area contributed by atoms with E-state index in [1.165, 1.54) is 12.3 Å². The number of halogens is 1. The van der Waals surface area contributed by atoms with Crippen molar-refractivity contribution in [3.8, 4) is 0 Å². The lowest BCUT2D eigenvalue weighted by atomic mass is 10.1. The maximum atomic E-state index is 11.1. The molecule has 1 aliphatic rings. The second-order valence-corrected chi connectivity index (χ2v) is 5.79. The summed E-state index contributed by atoms with van der Waals surface area (Å²) in [6, 6.07) is 1.91. The number of carboxylic acid groups (broad SMARTS) is 1. The van der Waals surface area contributed by atoms with Crippen LogP contribution >= 0.6 is 11.6 Å². The predicted octanol–water partition coefficient (Wildman–Crippen LogP) is 3.45. The summed E-state index contributed by atoms with van der Waals surface area (Å²) < 4.78 is 0. The molecule has 1 N–H and O–H groups in total. The zero-order valence-electron chi connectivity index (χ0n) is 11.3. The van der Waals surface area contributed by atoms with Gasteiger partial charge in [0.05, 0.1) is 10.6 Å². The van der Waals surface area contributed by atoms with Gasteiger partial charge in [0.25, 0.3) is 0 Å². The molecule has 0 aromatic carbocycles. The van der Waals surface area contributed by atoms with Gasteiger partial charge >= 0.3 is 5.97 Å². The van der Waals surface area contributed by atoms with Gasteiger partial charge in [-0.2, -0.15) is 0 Å². The van der Waals surface area contributed by atoms with E-state index in [1.807, 2.05) is 0 Å². The molecule has 0 amide bonds. The standard InChI is InChI=1S/C14H19ClN2O2/c1-9(2)6-8-17(10-3-4-10)13-12(15)11(14(18)19)5-7-16-13/h5,7,9-10H,3-4,6,8H2,1-2H3,(H,18,19). The number of nitrogens with zero attached hydrogens (tertiary/aromatic N) is 2.